The number of hydrazine groups is 1. The van der Waals surface area contributed by atoms with Gasteiger partial charge in [-0.3, -0.25) is 15.0 Å². The molecule has 2 fully saturated rings. The summed E-state index contributed by atoms with van der Waals surface area (Å²) in [7, 11) is 2.66. The molecule has 1 saturated heterocycles. The highest BCUT2D eigenvalue weighted by atomic mass is 79.9. The first-order chi connectivity index (χ1) is 23.6. The summed E-state index contributed by atoms with van der Waals surface area (Å²) in [5.41, 5.74) is -0.795. The standard InChI is InChI=1S/C32H24BrCl2F3N6O6/c1-41-29(48)42-8-7-18-22(44(42)30(41)49)12-20-27(46)43(40-26-21(35)9-15(13-39-26)32(36,37)38)28(47)31(20,14-3-5-17(34)6-4-14)24(18)19-10-16(33)11-23(50-2)25(19)45/h3-7,9-11,13,20,22,24,45H,8,12H2,1-2H3,(H,39,40)/t20-,22+,24+,31+/m0/s1. The maximum atomic E-state index is 15.2. The molecule has 50 heavy (non-hydrogen) atoms. The molecule has 4 heterocycles. The van der Waals surface area contributed by atoms with Crippen LogP contribution in [0.2, 0.25) is 10.0 Å². The third-order valence-electron chi connectivity index (χ3n) is 9.61. The molecule has 2 aromatic carbocycles. The van der Waals surface area contributed by atoms with Gasteiger partial charge in [-0.05, 0) is 47.9 Å². The van der Waals surface area contributed by atoms with Crippen LogP contribution in [-0.4, -0.2) is 48.0 Å². The number of pyridine rings is 1. The second-order valence-electron chi connectivity index (χ2n) is 12.1. The number of nitrogens with one attached hydrogen (secondary N) is 1. The molecule has 0 unspecified atom stereocenters. The van der Waals surface area contributed by atoms with Gasteiger partial charge in [-0.2, -0.15) is 18.2 Å². The first kappa shape index (κ1) is 33.9. The average molecular weight is 796 g/mol. The highest BCUT2D eigenvalue weighted by Crippen LogP contribution is 2.63. The van der Waals surface area contributed by atoms with E-state index in [0.29, 0.717) is 37.9 Å². The zero-order valence-electron chi connectivity index (χ0n) is 25.8. The van der Waals surface area contributed by atoms with E-state index >= 15 is 4.79 Å². The van der Waals surface area contributed by atoms with Crippen LogP contribution in [0.1, 0.15) is 35.1 Å². The van der Waals surface area contributed by atoms with Crippen LogP contribution in [0.5, 0.6) is 11.5 Å². The number of phenols is 1. The number of hydrogen-bond acceptors (Lipinski definition) is 8. The Morgan fingerprint density at radius 2 is 1.78 bits per heavy atom. The molecule has 4 atom stereocenters. The molecule has 0 radical (unpaired) electrons. The Morgan fingerprint density at radius 3 is 2.42 bits per heavy atom. The lowest BCUT2D eigenvalue weighted by atomic mass is 9.53. The van der Waals surface area contributed by atoms with Crippen molar-refractivity contribution in [1.29, 1.82) is 0 Å². The second kappa shape index (κ2) is 11.8. The summed E-state index contributed by atoms with van der Waals surface area (Å²) >= 11 is 15.9. The number of benzene rings is 2. The summed E-state index contributed by atoms with van der Waals surface area (Å²) in [6.45, 7) is -0.0697. The van der Waals surface area contributed by atoms with Gasteiger partial charge in [0.2, 0.25) is 0 Å². The van der Waals surface area contributed by atoms with Crippen LogP contribution in [0.25, 0.3) is 0 Å². The van der Waals surface area contributed by atoms with Crippen LogP contribution in [0.3, 0.4) is 0 Å². The Balaban J connectivity index is 1.51. The van der Waals surface area contributed by atoms with E-state index in [0.717, 1.165) is 4.57 Å². The first-order valence-corrected chi connectivity index (χ1v) is 16.4. The Kier molecular flexibility index (Phi) is 7.99. The molecule has 3 aliphatic rings. The van der Waals surface area contributed by atoms with Crippen molar-refractivity contribution in [3.8, 4) is 11.5 Å². The average Bonchev–Trinajstić information content (AvgIpc) is 3.42. The summed E-state index contributed by atoms with van der Waals surface area (Å²) in [6.07, 6.45) is -2.73. The number of rotatable bonds is 5. The van der Waals surface area contributed by atoms with Crippen LogP contribution in [0.15, 0.2) is 74.4 Å². The summed E-state index contributed by atoms with van der Waals surface area (Å²) in [5, 5.41) is 12.2. The van der Waals surface area contributed by atoms with Crippen LogP contribution in [0.4, 0.5) is 19.0 Å². The van der Waals surface area contributed by atoms with Gasteiger partial charge in [0.25, 0.3) is 11.8 Å². The highest BCUT2D eigenvalue weighted by Gasteiger charge is 2.69. The van der Waals surface area contributed by atoms with Crippen molar-refractivity contribution in [2.45, 2.75) is 36.5 Å². The number of methoxy groups -OCH3 is 1. The van der Waals surface area contributed by atoms with E-state index in [9.17, 15) is 32.7 Å². The van der Waals surface area contributed by atoms with Crippen LogP contribution in [-0.2, 0) is 34.8 Å². The number of carbonyl (C=O) groups is 2. The van der Waals surface area contributed by atoms with Crippen molar-refractivity contribution in [2.24, 2.45) is 13.0 Å². The second-order valence-corrected chi connectivity index (χ2v) is 13.8. The molecular weight excluding hydrogens is 772 g/mol. The fraction of sp³-hybridized carbons (Fsp3) is 0.281. The van der Waals surface area contributed by atoms with Gasteiger partial charge < -0.3 is 9.84 Å². The van der Waals surface area contributed by atoms with E-state index in [1.165, 1.54) is 41.7 Å². The monoisotopic (exact) mass is 794 g/mol. The third kappa shape index (κ3) is 4.82. The summed E-state index contributed by atoms with van der Waals surface area (Å²) < 4.78 is 49.5. The predicted octanol–water partition coefficient (Wildman–Crippen LogP) is 5.16. The number of imide groups is 1. The number of phenolic OH excluding ortho intramolecular Hbond substituents is 1. The van der Waals surface area contributed by atoms with Gasteiger partial charge in [-0.1, -0.05) is 57.3 Å². The van der Waals surface area contributed by atoms with E-state index in [4.69, 9.17) is 27.9 Å². The van der Waals surface area contributed by atoms with Gasteiger partial charge in [-0.15, -0.1) is 0 Å². The normalized spacial score (nSPS) is 22.9. The molecule has 12 nitrogen and oxygen atoms in total. The number of alkyl halides is 3. The molecular formula is C32H24BrCl2F3N6O6. The topological polar surface area (TPSA) is 141 Å². The number of amides is 2. The van der Waals surface area contributed by atoms with Crippen molar-refractivity contribution < 1.29 is 32.6 Å². The minimum atomic E-state index is -4.76. The Morgan fingerprint density at radius 1 is 1.08 bits per heavy atom. The van der Waals surface area contributed by atoms with Gasteiger partial charge in [0.1, 0.15) is 0 Å². The van der Waals surface area contributed by atoms with E-state index in [2.05, 4.69) is 26.3 Å². The van der Waals surface area contributed by atoms with Crippen molar-refractivity contribution in [2.75, 3.05) is 12.5 Å². The molecule has 1 aliphatic carbocycles. The Hall–Kier alpha value is -4.54. The number of aromatic hydroxyl groups is 1. The summed E-state index contributed by atoms with van der Waals surface area (Å²) in [4.78, 5) is 60.1. The lowest BCUT2D eigenvalue weighted by Gasteiger charge is -2.49. The number of anilines is 1. The Labute approximate surface area is 298 Å². The molecule has 0 spiro atoms. The number of fused-ring (bicyclic) bond motifs is 4. The van der Waals surface area contributed by atoms with Gasteiger partial charge >= 0.3 is 17.6 Å². The van der Waals surface area contributed by atoms with Gasteiger partial charge in [-0.25, -0.2) is 28.5 Å². The maximum absolute atomic E-state index is 15.2. The van der Waals surface area contributed by atoms with Crippen LogP contribution >= 0.6 is 39.1 Å². The molecule has 2 amide bonds. The zero-order chi connectivity index (χ0) is 36.0. The van der Waals surface area contributed by atoms with Crippen molar-refractivity contribution in [3.05, 3.63) is 112 Å². The van der Waals surface area contributed by atoms with Gasteiger partial charge in [0.15, 0.2) is 17.3 Å². The fourth-order valence-corrected chi connectivity index (χ4v) is 8.26. The minimum Gasteiger partial charge on any atom is -0.504 e. The van der Waals surface area contributed by atoms with Crippen molar-refractivity contribution in [1.82, 2.24) is 23.9 Å². The van der Waals surface area contributed by atoms with Gasteiger partial charge in [0.05, 0.1) is 41.6 Å². The highest BCUT2D eigenvalue weighted by molar-refractivity contribution is 9.10. The quantitative estimate of drug-likeness (QED) is 0.209. The van der Waals surface area contributed by atoms with Gasteiger partial charge in [0, 0.05) is 34.2 Å². The van der Waals surface area contributed by atoms with Crippen molar-refractivity contribution in [3.63, 3.8) is 0 Å². The summed E-state index contributed by atoms with van der Waals surface area (Å²) in [5.74, 6) is -4.86. The molecule has 18 heteroatoms. The molecule has 2 N–H and O–H groups in total. The van der Waals surface area contributed by atoms with Crippen molar-refractivity contribution >= 4 is 56.8 Å². The molecule has 2 aliphatic heterocycles. The number of allylic oxidation sites excluding steroid dienone is 2. The Bertz CT molecular complexity index is 2270. The van der Waals surface area contributed by atoms with Crippen LogP contribution < -0.4 is 21.5 Å². The van der Waals surface area contributed by atoms with E-state index in [1.807, 2.05) is 0 Å². The lowest BCUT2D eigenvalue weighted by Crippen LogP contribution is -2.53. The number of nitrogens with zero attached hydrogens (tertiary/aromatic N) is 5. The lowest BCUT2D eigenvalue weighted by molar-refractivity contribution is -0.139. The predicted molar refractivity (Wildman–Crippen MR) is 177 cm³/mol. The molecule has 7 rings (SSSR count). The number of aromatic nitrogens is 4. The smallest absolute Gasteiger partial charge is 0.417 e. The number of ether oxygens (including phenoxy) is 1. The first-order valence-electron chi connectivity index (χ1n) is 14.9. The summed E-state index contributed by atoms with van der Waals surface area (Å²) in [6, 6.07) is 8.94. The number of carbonyl (C=O) groups excluding carboxylic acids is 2. The molecule has 260 valence electrons. The molecule has 2 aromatic heterocycles. The number of halogens is 6. The minimum absolute atomic E-state index is 0.0389. The largest absolute Gasteiger partial charge is 0.504 e. The molecule has 1 saturated carbocycles. The maximum Gasteiger partial charge on any atom is 0.417 e. The van der Waals surface area contributed by atoms with E-state index in [-0.39, 0.29) is 30.0 Å². The van der Waals surface area contributed by atoms with E-state index < -0.39 is 69.1 Å². The molecule has 0 bridgehead atoms. The van der Waals surface area contributed by atoms with E-state index in [1.54, 1.807) is 24.3 Å². The SMILES string of the molecule is COc1cc(Br)cc([C@H]2C3=CCn4c(=O)n(C)c(=O)n4[C@@H]3C[C@H]3C(=O)N(Nc4ncc(C(F)(F)F)cc4Cl)C(=O)[C@@]23c2ccc(Cl)cc2)c1O. The molecule has 4 aromatic rings. The fourth-order valence-electron chi connectivity index (χ4n) is 7.47. The number of hydrogen-bond donors (Lipinski definition) is 2. The third-order valence-corrected chi connectivity index (χ3v) is 10.6. The van der Waals surface area contributed by atoms with Crippen LogP contribution in [0, 0.1) is 5.92 Å². The zero-order valence-corrected chi connectivity index (χ0v) is 28.9.